The molecule has 0 heterocycles. The Bertz CT molecular complexity index is 379. The van der Waals surface area contributed by atoms with E-state index in [0.29, 0.717) is 10.6 Å². The van der Waals surface area contributed by atoms with Crippen molar-refractivity contribution in [3.8, 4) is 0 Å². The maximum Gasteiger partial charge on any atom is 0.146 e. The number of fused-ring (bicyclic) bond motifs is 1. The summed E-state index contributed by atoms with van der Waals surface area (Å²) in [5, 5.41) is 0.590. The lowest BCUT2D eigenvalue weighted by Crippen LogP contribution is -2.19. The van der Waals surface area contributed by atoms with Gasteiger partial charge in [0.15, 0.2) is 0 Å². The largest absolute Gasteiger partial charge is 0.324 e. The van der Waals surface area contributed by atoms with Gasteiger partial charge in [-0.1, -0.05) is 23.2 Å². The zero-order valence-corrected chi connectivity index (χ0v) is 9.00. The molecule has 14 heavy (non-hydrogen) atoms. The van der Waals surface area contributed by atoms with Gasteiger partial charge in [-0.15, -0.1) is 0 Å². The molecule has 0 amide bonds. The highest BCUT2D eigenvalue weighted by molar-refractivity contribution is 6.35. The molecule has 2 rings (SSSR count). The van der Waals surface area contributed by atoms with Gasteiger partial charge in [-0.3, -0.25) is 0 Å². The molecule has 2 N–H and O–H groups in total. The molecule has 1 nitrogen and oxygen atoms in total. The summed E-state index contributed by atoms with van der Waals surface area (Å²) in [5.41, 5.74) is 7.16. The SMILES string of the molecule is N[C@H]1CCCc2c(Cl)cc(Cl)c(F)c21. The normalized spacial score (nSPS) is 20.7. The Labute approximate surface area is 92.0 Å². The fraction of sp³-hybridized carbons (Fsp3) is 0.400. The van der Waals surface area contributed by atoms with E-state index in [0.717, 1.165) is 24.8 Å². The van der Waals surface area contributed by atoms with Crippen LogP contribution in [0.2, 0.25) is 10.0 Å². The fourth-order valence-electron chi connectivity index (χ4n) is 1.94. The Morgan fingerprint density at radius 2 is 2.07 bits per heavy atom. The summed E-state index contributed by atoms with van der Waals surface area (Å²) < 4.78 is 13.6. The summed E-state index contributed by atoms with van der Waals surface area (Å²) in [6, 6.07) is 1.19. The van der Waals surface area contributed by atoms with Gasteiger partial charge in [-0.2, -0.15) is 0 Å². The Morgan fingerprint density at radius 3 is 2.79 bits per heavy atom. The van der Waals surface area contributed by atoms with Crippen LogP contribution in [0.3, 0.4) is 0 Å². The average Bonchev–Trinajstić information content (AvgIpc) is 2.14. The molecule has 1 aromatic carbocycles. The first-order chi connectivity index (χ1) is 6.61. The molecule has 1 aromatic rings. The maximum absolute atomic E-state index is 13.6. The monoisotopic (exact) mass is 233 g/mol. The van der Waals surface area contributed by atoms with Gasteiger partial charge < -0.3 is 5.73 Å². The summed E-state index contributed by atoms with van der Waals surface area (Å²) in [6.45, 7) is 0. The van der Waals surface area contributed by atoms with Crippen molar-refractivity contribution in [1.29, 1.82) is 0 Å². The third-order valence-electron chi connectivity index (χ3n) is 2.63. The number of hydrogen-bond donors (Lipinski definition) is 1. The van der Waals surface area contributed by atoms with Gasteiger partial charge >= 0.3 is 0 Å². The number of nitrogens with two attached hydrogens (primary N) is 1. The van der Waals surface area contributed by atoms with Crippen molar-refractivity contribution < 1.29 is 4.39 Å². The lowest BCUT2D eigenvalue weighted by molar-refractivity contribution is 0.519. The average molecular weight is 234 g/mol. The second-order valence-electron chi connectivity index (χ2n) is 3.55. The summed E-state index contributed by atoms with van der Waals surface area (Å²) in [5.74, 6) is -0.404. The lowest BCUT2D eigenvalue weighted by Gasteiger charge is -2.24. The quantitative estimate of drug-likeness (QED) is 0.683. The molecule has 0 saturated heterocycles. The molecule has 0 fully saturated rings. The molecule has 0 radical (unpaired) electrons. The first-order valence-electron chi connectivity index (χ1n) is 4.53. The molecule has 76 valence electrons. The van der Waals surface area contributed by atoms with Crippen LogP contribution in [0.15, 0.2) is 6.07 Å². The van der Waals surface area contributed by atoms with E-state index < -0.39 is 5.82 Å². The number of halogens is 3. The summed E-state index contributed by atoms with van der Waals surface area (Å²) >= 11 is 11.7. The topological polar surface area (TPSA) is 26.0 Å². The first kappa shape index (κ1) is 10.2. The van der Waals surface area contributed by atoms with E-state index in [4.69, 9.17) is 28.9 Å². The van der Waals surface area contributed by atoms with Gasteiger partial charge in [-0.05, 0) is 30.9 Å². The van der Waals surface area contributed by atoms with Crippen LogP contribution in [0.5, 0.6) is 0 Å². The van der Waals surface area contributed by atoms with Crippen LogP contribution in [-0.2, 0) is 6.42 Å². The minimum atomic E-state index is -0.404. The molecule has 0 bridgehead atoms. The van der Waals surface area contributed by atoms with Crippen LogP contribution >= 0.6 is 23.2 Å². The first-order valence-corrected chi connectivity index (χ1v) is 5.28. The second kappa shape index (κ2) is 3.69. The molecule has 4 heteroatoms. The van der Waals surface area contributed by atoms with E-state index in [-0.39, 0.29) is 11.1 Å². The van der Waals surface area contributed by atoms with Crippen LogP contribution in [0.4, 0.5) is 4.39 Å². The van der Waals surface area contributed by atoms with E-state index in [1.54, 1.807) is 0 Å². The number of hydrogen-bond acceptors (Lipinski definition) is 1. The van der Waals surface area contributed by atoms with Gasteiger partial charge in [0.2, 0.25) is 0 Å². The van der Waals surface area contributed by atoms with E-state index in [2.05, 4.69) is 0 Å². The third-order valence-corrected chi connectivity index (χ3v) is 3.24. The van der Waals surface area contributed by atoms with Gasteiger partial charge in [0.05, 0.1) is 5.02 Å². The molecule has 1 aliphatic carbocycles. The minimum Gasteiger partial charge on any atom is -0.324 e. The van der Waals surface area contributed by atoms with Gasteiger partial charge in [-0.25, -0.2) is 4.39 Å². The standard InChI is InChI=1S/C10H10Cl2FN/c11-6-4-7(12)10(13)9-5(6)2-1-3-8(9)14/h4,8H,1-3,14H2/t8-/m0/s1. The summed E-state index contributed by atoms with van der Waals surface area (Å²) in [4.78, 5) is 0. The Balaban J connectivity index is 2.67. The molecule has 0 aromatic heterocycles. The maximum atomic E-state index is 13.6. The number of benzene rings is 1. The molecule has 1 aliphatic rings. The van der Waals surface area contributed by atoms with Crippen LogP contribution in [0.1, 0.15) is 30.0 Å². The van der Waals surface area contributed by atoms with Crippen molar-refractivity contribution in [3.05, 3.63) is 33.1 Å². The molecular formula is C10H10Cl2FN. The summed E-state index contributed by atoms with van der Waals surface area (Å²) in [6.07, 6.45) is 2.53. The van der Waals surface area contributed by atoms with Gasteiger partial charge in [0.1, 0.15) is 5.82 Å². The molecule has 1 atom stereocenters. The van der Waals surface area contributed by atoms with Crippen LogP contribution in [0.25, 0.3) is 0 Å². The van der Waals surface area contributed by atoms with Crippen molar-refractivity contribution in [3.63, 3.8) is 0 Å². The Kier molecular flexibility index (Phi) is 2.69. The van der Waals surface area contributed by atoms with Gasteiger partial charge in [0, 0.05) is 16.6 Å². The lowest BCUT2D eigenvalue weighted by atomic mass is 9.88. The van der Waals surface area contributed by atoms with Crippen LogP contribution in [-0.4, -0.2) is 0 Å². The van der Waals surface area contributed by atoms with Crippen molar-refractivity contribution in [2.45, 2.75) is 25.3 Å². The van der Waals surface area contributed by atoms with Crippen molar-refractivity contribution >= 4 is 23.2 Å². The van der Waals surface area contributed by atoms with Crippen molar-refractivity contribution in [2.24, 2.45) is 5.73 Å². The van der Waals surface area contributed by atoms with E-state index in [1.165, 1.54) is 6.07 Å². The molecule has 0 saturated carbocycles. The second-order valence-corrected chi connectivity index (χ2v) is 4.36. The fourth-order valence-corrected chi connectivity index (χ4v) is 2.51. The Hall–Kier alpha value is -0.310. The highest BCUT2D eigenvalue weighted by Crippen LogP contribution is 2.37. The predicted molar refractivity (Wildman–Crippen MR) is 56.3 cm³/mol. The van der Waals surface area contributed by atoms with Crippen LogP contribution < -0.4 is 5.73 Å². The highest BCUT2D eigenvalue weighted by atomic mass is 35.5. The van der Waals surface area contributed by atoms with E-state index >= 15 is 0 Å². The van der Waals surface area contributed by atoms with E-state index in [9.17, 15) is 4.39 Å². The predicted octanol–water partition coefficient (Wildman–Crippen LogP) is 3.47. The highest BCUT2D eigenvalue weighted by Gasteiger charge is 2.24. The Morgan fingerprint density at radius 1 is 1.36 bits per heavy atom. The minimum absolute atomic E-state index is 0.0612. The van der Waals surface area contributed by atoms with Crippen molar-refractivity contribution in [2.75, 3.05) is 0 Å². The molecule has 0 spiro atoms. The molecule has 0 aliphatic heterocycles. The van der Waals surface area contributed by atoms with E-state index in [1.807, 2.05) is 0 Å². The molecular weight excluding hydrogens is 224 g/mol. The number of rotatable bonds is 0. The molecule has 0 unspecified atom stereocenters. The van der Waals surface area contributed by atoms with Gasteiger partial charge in [0.25, 0.3) is 0 Å². The zero-order valence-electron chi connectivity index (χ0n) is 7.49. The van der Waals surface area contributed by atoms with Crippen LogP contribution in [0, 0.1) is 5.82 Å². The third kappa shape index (κ3) is 1.52. The smallest absolute Gasteiger partial charge is 0.146 e. The summed E-state index contributed by atoms with van der Waals surface area (Å²) in [7, 11) is 0. The van der Waals surface area contributed by atoms with Crippen molar-refractivity contribution in [1.82, 2.24) is 0 Å². The zero-order chi connectivity index (χ0) is 10.3.